The minimum Gasteiger partial charge on any atom is -0.406 e. The Kier molecular flexibility index (Phi) is 5.58. The molecule has 4 nitrogen and oxygen atoms in total. The summed E-state index contributed by atoms with van der Waals surface area (Å²) >= 11 is 12.0. The molecule has 9 heteroatoms. The predicted octanol–water partition coefficient (Wildman–Crippen LogP) is 5.65. The summed E-state index contributed by atoms with van der Waals surface area (Å²) in [5.74, 6) is -1.89. The fourth-order valence-electron chi connectivity index (χ4n) is 3.32. The molecule has 1 saturated heterocycles. The van der Waals surface area contributed by atoms with Gasteiger partial charge < -0.3 is 4.74 Å². The quantitative estimate of drug-likeness (QED) is 0.571. The summed E-state index contributed by atoms with van der Waals surface area (Å²) in [5, 5.41) is 0.573. The smallest absolute Gasteiger partial charge is 0.406 e. The lowest BCUT2D eigenvalue weighted by molar-refractivity contribution is -0.274. The lowest BCUT2D eigenvalue weighted by atomic mass is 9.77. The van der Waals surface area contributed by atoms with E-state index in [1.165, 1.54) is 42.5 Å². The van der Waals surface area contributed by atoms with E-state index < -0.39 is 29.5 Å². The van der Waals surface area contributed by atoms with Gasteiger partial charge in [0, 0.05) is 10.0 Å². The van der Waals surface area contributed by atoms with E-state index in [1.54, 1.807) is 13.8 Å². The second-order valence-electron chi connectivity index (χ2n) is 7.28. The molecule has 0 saturated carbocycles. The standard InChI is InChI=1S/C20H16Cl2F3NO3/c1-19(2)16(7-11-3-5-15(6-4-11)29-20(23,24)25)17(27)26(18(19)28)14-9-12(21)8-13(22)10-14/h3-6,8-10,16H,7H2,1-2H3/t16-/m1/s1. The number of hydrogen-bond acceptors (Lipinski definition) is 3. The van der Waals surface area contributed by atoms with Crippen molar-refractivity contribution in [2.45, 2.75) is 26.6 Å². The van der Waals surface area contributed by atoms with Crippen LogP contribution in [0.5, 0.6) is 5.75 Å². The van der Waals surface area contributed by atoms with Crippen LogP contribution in [0.3, 0.4) is 0 Å². The highest BCUT2D eigenvalue weighted by Gasteiger charge is 2.53. The van der Waals surface area contributed by atoms with E-state index in [2.05, 4.69) is 4.74 Å². The summed E-state index contributed by atoms with van der Waals surface area (Å²) in [6.07, 6.45) is -4.61. The number of benzene rings is 2. The number of nitrogens with zero attached hydrogens (tertiary/aromatic N) is 1. The molecule has 0 aliphatic carbocycles. The van der Waals surface area contributed by atoms with Crippen LogP contribution in [0.1, 0.15) is 19.4 Å². The average Bonchev–Trinajstić information content (AvgIpc) is 2.74. The summed E-state index contributed by atoms with van der Waals surface area (Å²) in [6.45, 7) is 3.32. The number of imide groups is 1. The lowest BCUT2D eigenvalue weighted by Crippen LogP contribution is -2.32. The van der Waals surface area contributed by atoms with E-state index in [4.69, 9.17) is 23.2 Å². The number of halogens is 5. The van der Waals surface area contributed by atoms with Crippen molar-refractivity contribution in [3.63, 3.8) is 0 Å². The molecular formula is C20H16Cl2F3NO3. The van der Waals surface area contributed by atoms with Gasteiger partial charge in [0.05, 0.1) is 17.0 Å². The SMILES string of the molecule is CC1(C)C(=O)N(c2cc(Cl)cc(Cl)c2)C(=O)[C@H]1Cc1ccc(OC(F)(F)F)cc1. The predicted molar refractivity (Wildman–Crippen MR) is 103 cm³/mol. The van der Waals surface area contributed by atoms with Gasteiger partial charge in [-0.25, -0.2) is 4.90 Å². The molecule has 0 unspecified atom stereocenters. The molecule has 154 valence electrons. The van der Waals surface area contributed by atoms with E-state index in [0.717, 1.165) is 4.90 Å². The number of anilines is 1. The second kappa shape index (κ2) is 7.54. The van der Waals surface area contributed by atoms with Crippen LogP contribution in [0.25, 0.3) is 0 Å². The van der Waals surface area contributed by atoms with Gasteiger partial charge in [0.2, 0.25) is 11.8 Å². The van der Waals surface area contributed by atoms with Gasteiger partial charge >= 0.3 is 6.36 Å². The Labute approximate surface area is 175 Å². The zero-order valence-electron chi connectivity index (χ0n) is 15.4. The second-order valence-corrected chi connectivity index (χ2v) is 8.15. The van der Waals surface area contributed by atoms with Crippen molar-refractivity contribution in [3.05, 3.63) is 58.1 Å². The van der Waals surface area contributed by atoms with Crippen LogP contribution in [0.2, 0.25) is 10.0 Å². The maximum absolute atomic E-state index is 13.1. The molecule has 1 aliphatic rings. The first-order valence-electron chi connectivity index (χ1n) is 8.57. The van der Waals surface area contributed by atoms with E-state index in [9.17, 15) is 22.8 Å². The highest BCUT2D eigenvalue weighted by atomic mass is 35.5. The maximum Gasteiger partial charge on any atom is 0.573 e. The Balaban J connectivity index is 1.86. The summed E-state index contributed by atoms with van der Waals surface area (Å²) in [5.41, 5.74) is -0.140. The topological polar surface area (TPSA) is 46.6 Å². The number of rotatable bonds is 4. The number of alkyl halides is 3. The Bertz CT molecular complexity index is 938. The average molecular weight is 446 g/mol. The summed E-state index contributed by atoms with van der Waals surface area (Å²) in [4.78, 5) is 27.1. The number of ether oxygens (including phenoxy) is 1. The van der Waals surface area contributed by atoms with Crippen LogP contribution in [-0.4, -0.2) is 18.2 Å². The van der Waals surface area contributed by atoms with Crippen molar-refractivity contribution >= 4 is 40.7 Å². The molecular weight excluding hydrogens is 430 g/mol. The molecule has 1 aliphatic heterocycles. The molecule has 3 rings (SSSR count). The third-order valence-corrected chi connectivity index (χ3v) is 5.28. The highest BCUT2D eigenvalue weighted by molar-refractivity contribution is 6.35. The Morgan fingerprint density at radius 3 is 2.10 bits per heavy atom. The van der Waals surface area contributed by atoms with Crippen molar-refractivity contribution in [1.82, 2.24) is 0 Å². The molecule has 29 heavy (non-hydrogen) atoms. The van der Waals surface area contributed by atoms with Gasteiger partial charge in [0.15, 0.2) is 0 Å². The van der Waals surface area contributed by atoms with Crippen molar-refractivity contribution in [1.29, 1.82) is 0 Å². The fraction of sp³-hybridized carbons (Fsp3) is 0.300. The van der Waals surface area contributed by atoms with Crippen molar-refractivity contribution in [2.75, 3.05) is 4.90 Å². The Morgan fingerprint density at radius 2 is 1.59 bits per heavy atom. The highest BCUT2D eigenvalue weighted by Crippen LogP contribution is 2.43. The molecule has 2 aromatic rings. The van der Waals surface area contributed by atoms with Crippen LogP contribution in [-0.2, 0) is 16.0 Å². The van der Waals surface area contributed by atoms with E-state index in [-0.39, 0.29) is 27.9 Å². The third-order valence-electron chi connectivity index (χ3n) is 4.85. The normalized spacial score (nSPS) is 19.0. The number of hydrogen-bond donors (Lipinski definition) is 0. The van der Waals surface area contributed by atoms with Gasteiger partial charge in [0.25, 0.3) is 0 Å². The van der Waals surface area contributed by atoms with Gasteiger partial charge in [-0.3, -0.25) is 9.59 Å². The van der Waals surface area contributed by atoms with Crippen LogP contribution in [0, 0.1) is 11.3 Å². The van der Waals surface area contributed by atoms with Gasteiger partial charge in [-0.05, 0) is 42.3 Å². The lowest BCUT2D eigenvalue weighted by Gasteiger charge is -2.22. The maximum atomic E-state index is 13.1. The van der Waals surface area contributed by atoms with Crippen LogP contribution < -0.4 is 9.64 Å². The van der Waals surface area contributed by atoms with Gasteiger partial charge in [-0.15, -0.1) is 13.2 Å². The largest absolute Gasteiger partial charge is 0.573 e. The van der Waals surface area contributed by atoms with Crippen LogP contribution >= 0.6 is 23.2 Å². The molecule has 1 atom stereocenters. The van der Waals surface area contributed by atoms with Crippen LogP contribution in [0.4, 0.5) is 18.9 Å². The molecule has 0 N–H and O–H groups in total. The minimum absolute atomic E-state index is 0.175. The van der Waals surface area contributed by atoms with E-state index in [0.29, 0.717) is 5.56 Å². The van der Waals surface area contributed by atoms with Crippen LogP contribution in [0.15, 0.2) is 42.5 Å². The molecule has 2 aromatic carbocycles. The molecule has 0 spiro atoms. The first kappa shape index (κ1) is 21.5. The van der Waals surface area contributed by atoms with E-state index in [1.807, 2.05) is 0 Å². The van der Waals surface area contributed by atoms with Crippen molar-refractivity contribution in [3.8, 4) is 5.75 Å². The molecule has 1 heterocycles. The Morgan fingerprint density at radius 1 is 1.03 bits per heavy atom. The molecule has 1 fully saturated rings. The molecule has 0 radical (unpaired) electrons. The molecule has 2 amide bonds. The zero-order chi connectivity index (χ0) is 21.6. The zero-order valence-corrected chi connectivity index (χ0v) is 16.9. The fourth-order valence-corrected chi connectivity index (χ4v) is 3.83. The first-order chi connectivity index (χ1) is 13.4. The van der Waals surface area contributed by atoms with Gasteiger partial charge in [-0.2, -0.15) is 0 Å². The Hall–Kier alpha value is -2.25. The van der Waals surface area contributed by atoms with Gasteiger partial charge in [0.1, 0.15) is 5.75 Å². The van der Waals surface area contributed by atoms with Gasteiger partial charge in [-0.1, -0.05) is 49.2 Å². The van der Waals surface area contributed by atoms with Crippen molar-refractivity contribution in [2.24, 2.45) is 11.3 Å². The first-order valence-corrected chi connectivity index (χ1v) is 9.33. The summed E-state index contributed by atoms with van der Waals surface area (Å²) < 4.78 is 40.7. The minimum atomic E-state index is -4.78. The van der Waals surface area contributed by atoms with E-state index >= 15 is 0 Å². The monoisotopic (exact) mass is 445 g/mol. The molecule has 0 bridgehead atoms. The number of carbonyl (C=O) groups excluding carboxylic acids is 2. The summed E-state index contributed by atoms with van der Waals surface area (Å²) in [6, 6.07) is 9.67. The number of amides is 2. The number of carbonyl (C=O) groups is 2. The third kappa shape index (κ3) is 4.51. The van der Waals surface area contributed by atoms with Crippen molar-refractivity contribution < 1.29 is 27.5 Å². The summed E-state index contributed by atoms with van der Waals surface area (Å²) in [7, 11) is 0. The molecule has 0 aromatic heterocycles.